The van der Waals surface area contributed by atoms with Crippen LogP contribution in [0, 0.1) is 11.8 Å². The molecule has 46 heavy (non-hydrogen) atoms. The summed E-state index contributed by atoms with van der Waals surface area (Å²) < 4.78 is 48.0. The van der Waals surface area contributed by atoms with Gasteiger partial charge in [-0.05, 0) is 51.8 Å². The van der Waals surface area contributed by atoms with Crippen molar-refractivity contribution >= 4 is 39.6 Å². The Morgan fingerprint density at radius 2 is 1.74 bits per heavy atom. The van der Waals surface area contributed by atoms with Crippen LogP contribution in [0.5, 0.6) is 5.75 Å². The first-order chi connectivity index (χ1) is 21.3. The topological polar surface area (TPSA) is 208 Å². The first-order valence-corrected chi connectivity index (χ1v) is 16.5. The monoisotopic (exact) mass is 674 g/mol. The predicted octanol–water partition coefficient (Wildman–Crippen LogP) is 1.28. The number of esters is 1. The van der Waals surface area contributed by atoms with Gasteiger partial charge >= 0.3 is 12.1 Å². The number of carbonyl (C=O) groups is 4. The molecular weight excluding hydrogens is 628 g/mol. The number of hydrogen-bond donors (Lipinski definition) is 4. The van der Waals surface area contributed by atoms with Crippen LogP contribution in [0.25, 0.3) is 0 Å². The van der Waals surface area contributed by atoms with Crippen LogP contribution in [0.1, 0.15) is 54.0 Å². The summed E-state index contributed by atoms with van der Waals surface area (Å²) in [6.07, 6.45) is -1.78. The molecule has 5 atom stereocenters. The molecule has 17 heteroatoms. The Kier molecular flexibility index (Phi) is 14.2. The van der Waals surface area contributed by atoms with Gasteiger partial charge in [0.2, 0.25) is 28.1 Å². The smallest absolute Gasteiger partial charge is 0.431 e. The van der Waals surface area contributed by atoms with E-state index in [4.69, 9.17) is 23.8 Å². The van der Waals surface area contributed by atoms with Gasteiger partial charge in [-0.15, -0.1) is 0 Å². The highest BCUT2D eigenvalue weighted by atomic mass is 32.2. The zero-order valence-electron chi connectivity index (χ0n) is 27.4. The number of carbonyl (C=O) groups excluding carboxylic acids is 4. The second kappa shape index (κ2) is 16.9. The Morgan fingerprint density at radius 3 is 2.33 bits per heavy atom. The number of hydroxylamine groups is 1. The van der Waals surface area contributed by atoms with Crippen molar-refractivity contribution in [2.45, 2.75) is 79.2 Å². The van der Waals surface area contributed by atoms with Gasteiger partial charge in [-0.3, -0.25) is 19.2 Å². The van der Waals surface area contributed by atoms with Crippen LogP contribution in [0.4, 0.5) is 10.5 Å². The average molecular weight is 675 g/mol. The van der Waals surface area contributed by atoms with E-state index in [0.717, 1.165) is 10.6 Å². The van der Waals surface area contributed by atoms with Crippen LogP contribution < -0.4 is 20.9 Å². The number of nitrogens with one attached hydrogen (secondary N) is 3. The Balaban J connectivity index is 1.97. The molecule has 1 aromatic carbocycles. The minimum Gasteiger partial charge on any atom is -0.460 e. The minimum absolute atomic E-state index is 0.0746. The molecule has 0 saturated carbocycles. The van der Waals surface area contributed by atoms with Crippen molar-refractivity contribution in [1.82, 2.24) is 15.1 Å². The number of amides is 3. The number of sulfonamides is 1. The molecular formula is C29H46N4O12S. The van der Waals surface area contributed by atoms with Crippen LogP contribution in [0.2, 0.25) is 0 Å². The lowest BCUT2D eigenvalue weighted by Crippen LogP contribution is -2.52. The molecule has 0 aromatic heterocycles. The van der Waals surface area contributed by atoms with Gasteiger partial charge in [-0.25, -0.2) is 13.2 Å². The lowest BCUT2D eigenvalue weighted by atomic mass is 9.84. The van der Waals surface area contributed by atoms with Crippen molar-refractivity contribution in [3.05, 3.63) is 23.8 Å². The van der Waals surface area contributed by atoms with E-state index >= 15 is 0 Å². The van der Waals surface area contributed by atoms with Gasteiger partial charge < -0.3 is 34.7 Å². The van der Waals surface area contributed by atoms with Crippen LogP contribution in [-0.4, -0.2) is 98.3 Å². The minimum atomic E-state index is -3.85. The van der Waals surface area contributed by atoms with Gasteiger partial charge in [0, 0.05) is 37.2 Å². The van der Waals surface area contributed by atoms with Crippen LogP contribution in [0.3, 0.4) is 0 Å². The summed E-state index contributed by atoms with van der Waals surface area (Å²) in [5.41, 5.74) is 1.76. The predicted molar refractivity (Wildman–Crippen MR) is 165 cm³/mol. The number of aliphatic hydroxyl groups is 1. The maximum Gasteiger partial charge on any atom is 0.431 e. The quantitative estimate of drug-likeness (QED) is 0.163. The van der Waals surface area contributed by atoms with E-state index in [1.807, 2.05) is 26.3 Å². The second-order valence-electron chi connectivity index (χ2n) is 12.0. The molecule has 5 unspecified atom stereocenters. The van der Waals surface area contributed by atoms with Crippen molar-refractivity contribution in [2.75, 3.05) is 37.8 Å². The van der Waals surface area contributed by atoms with E-state index in [-0.39, 0.29) is 42.5 Å². The summed E-state index contributed by atoms with van der Waals surface area (Å²) in [5.74, 6) is -1.55. The van der Waals surface area contributed by atoms with E-state index in [1.54, 1.807) is 20.8 Å². The lowest BCUT2D eigenvalue weighted by Gasteiger charge is -2.42. The summed E-state index contributed by atoms with van der Waals surface area (Å²) in [6, 6.07) is 4.47. The standard InChI is InChI=1S/C29H46N4O12S/c1-17-18(2)26(43-20(4)35)27(42-19(17)3)44-23-10-9-22(13-21(23)15-34)31-24(36)14-33(46(8,39)40)12-11-30-25(37)16-41-32-28(38)45-29(5,6)7/h9-10,13,17-19,26-27,34H,11-12,14-16H2,1-8H3,(H,30,37)(H,31,36)(H,32,38). The molecule has 1 aliphatic rings. The number of nitrogens with zero attached hydrogens (tertiary/aromatic N) is 1. The number of hydrogen-bond acceptors (Lipinski definition) is 12. The Morgan fingerprint density at radius 1 is 1.07 bits per heavy atom. The molecule has 1 fully saturated rings. The molecule has 1 saturated heterocycles. The van der Waals surface area contributed by atoms with Crippen LogP contribution in [-0.2, 0) is 50.1 Å². The van der Waals surface area contributed by atoms with Gasteiger partial charge in [0.15, 0.2) is 12.7 Å². The van der Waals surface area contributed by atoms with Crippen molar-refractivity contribution in [3.63, 3.8) is 0 Å². The molecule has 0 bridgehead atoms. The Labute approximate surface area is 269 Å². The van der Waals surface area contributed by atoms with Crippen molar-refractivity contribution in [2.24, 2.45) is 11.8 Å². The van der Waals surface area contributed by atoms with Crippen LogP contribution >= 0.6 is 0 Å². The molecule has 1 heterocycles. The van der Waals surface area contributed by atoms with Crippen molar-refractivity contribution in [3.8, 4) is 5.75 Å². The van der Waals surface area contributed by atoms with E-state index < -0.39 is 71.7 Å². The summed E-state index contributed by atoms with van der Waals surface area (Å²) in [6.45, 7) is 10.1. The molecule has 0 radical (unpaired) electrons. The highest BCUT2D eigenvalue weighted by Crippen LogP contribution is 2.35. The van der Waals surface area contributed by atoms with Gasteiger partial charge in [0.25, 0.3) is 0 Å². The third-order valence-electron chi connectivity index (χ3n) is 6.99. The zero-order chi connectivity index (χ0) is 34.8. The largest absolute Gasteiger partial charge is 0.460 e. The lowest BCUT2D eigenvalue weighted by molar-refractivity contribution is -0.243. The fraction of sp³-hybridized carbons (Fsp3) is 0.655. The second-order valence-corrected chi connectivity index (χ2v) is 14.0. The van der Waals surface area contributed by atoms with Crippen LogP contribution in [0.15, 0.2) is 18.2 Å². The highest BCUT2D eigenvalue weighted by Gasteiger charge is 2.43. The SMILES string of the molecule is CC(=O)OC1C(Oc2ccc(NC(=O)CN(CCNC(=O)CONC(=O)OC(C)(C)C)S(C)(=O)=O)cc2CO)OC(C)C(C)C1C. The molecule has 2 rings (SSSR count). The van der Waals surface area contributed by atoms with E-state index in [2.05, 4.69) is 10.6 Å². The third kappa shape index (κ3) is 12.7. The zero-order valence-corrected chi connectivity index (χ0v) is 28.3. The van der Waals surface area contributed by atoms with Crippen molar-refractivity contribution < 1.29 is 56.5 Å². The number of ether oxygens (including phenoxy) is 4. The molecule has 16 nitrogen and oxygen atoms in total. The Hall–Kier alpha value is -3.51. The van der Waals surface area contributed by atoms with Gasteiger partial charge in [0.05, 0.1) is 25.5 Å². The number of benzene rings is 1. The van der Waals surface area contributed by atoms with Gasteiger partial charge in [-0.2, -0.15) is 9.79 Å². The summed E-state index contributed by atoms with van der Waals surface area (Å²) >= 11 is 0. The summed E-state index contributed by atoms with van der Waals surface area (Å²) in [4.78, 5) is 52.8. The number of aliphatic hydroxyl groups excluding tert-OH is 1. The van der Waals surface area contributed by atoms with E-state index in [1.165, 1.54) is 25.1 Å². The van der Waals surface area contributed by atoms with E-state index in [9.17, 15) is 32.7 Å². The molecule has 0 spiro atoms. The molecule has 3 amide bonds. The Bertz CT molecular complexity index is 1330. The van der Waals surface area contributed by atoms with Crippen molar-refractivity contribution in [1.29, 1.82) is 0 Å². The summed E-state index contributed by atoms with van der Waals surface area (Å²) in [5, 5.41) is 15.0. The first-order valence-electron chi connectivity index (χ1n) is 14.7. The average Bonchev–Trinajstić information content (AvgIpc) is 2.92. The first kappa shape index (κ1) is 38.7. The fourth-order valence-corrected chi connectivity index (χ4v) is 5.19. The van der Waals surface area contributed by atoms with Gasteiger partial charge in [0.1, 0.15) is 11.4 Å². The maximum absolute atomic E-state index is 12.8. The number of anilines is 1. The van der Waals surface area contributed by atoms with Gasteiger partial charge in [-0.1, -0.05) is 13.8 Å². The maximum atomic E-state index is 12.8. The third-order valence-corrected chi connectivity index (χ3v) is 8.24. The molecule has 0 aliphatic carbocycles. The molecule has 1 aliphatic heterocycles. The summed E-state index contributed by atoms with van der Waals surface area (Å²) in [7, 11) is -3.85. The highest BCUT2D eigenvalue weighted by molar-refractivity contribution is 7.88. The molecule has 260 valence electrons. The molecule has 1 aromatic rings. The molecule has 4 N–H and O–H groups in total. The fourth-order valence-electron chi connectivity index (χ4n) is 4.41. The normalized spacial score (nSPS) is 21.7. The van der Waals surface area contributed by atoms with E-state index in [0.29, 0.717) is 5.56 Å². The number of rotatable bonds is 14.